The Morgan fingerprint density at radius 1 is 1.29 bits per heavy atom. The van der Waals surface area contributed by atoms with E-state index in [4.69, 9.17) is 9.15 Å². The second-order valence-corrected chi connectivity index (χ2v) is 4.48. The van der Waals surface area contributed by atoms with Gasteiger partial charge >= 0.3 is 6.01 Å². The van der Waals surface area contributed by atoms with Gasteiger partial charge in [-0.05, 0) is 5.92 Å². The van der Waals surface area contributed by atoms with Crippen LogP contribution in [0.15, 0.2) is 4.42 Å². The van der Waals surface area contributed by atoms with Crippen LogP contribution in [0.1, 0.15) is 26.7 Å². The molecule has 98 valence electrons. The van der Waals surface area contributed by atoms with Crippen molar-refractivity contribution < 1.29 is 9.15 Å². The van der Waals surface area contributed by atoms with E-state index in [0.717, 1.165) is 6.54 Å². The molecule has 1 rings (SSSR count). The van der Waals surface area contributed by atoms with Crippen LogP contribution in [0.5, 0.6) is 0 Å². The monoisotopic (exact) mass is 242 g/mol. The fourth-order valence-electron chi connectivity index (χ4n) is 1.29. The van der Waals surface area contributed by atoms with Crippen molar-refractivity contribution in [3.8, 4) is 0 Å². The molecule has 1 heterocycles. The lowest BCUT2D eigenvalue weighted by atomic mass is 10.2. The summed E-state index contributed by atoms with van der Waals surface area (Å²) >= 11 is 0. The van der Waals surface area contributed by atoms with Crippen LogP contribution in [0.4, 0.5) is 6.01 Å². The van der Waals surface area contributed by atoms with Gasteiger partial charge in [-0.15, -0.1) is 5.10 Å². The van der Waals surface area contributed by atoms with E-state index in [-0.39, 0.29) is 0 Å². The van der Waals surface area contributed by atoms with Gasteiger partial charge in [-0.2, -0.15) is 0 Å². The van der Waals surface area contributed by atoms with Gasteiger partial charge in [0.15, 0.2) is 0 Å². The lowest BCUT2D eigenvalue weighted by molar-refractivity contribution is 0.164. The van der Waals surface area contributed by atoms with Gasteiger partial charge in [0.2, 0.25) is 5.89 Å². The summed E-state index contributed by atoms with van der Waals surface area (Å²) in [4.78, 5) is 0. The minimum absolute atomic E-state index is 0.403. The number of aromatic nitrogens is 2. The smallest absolute Gasteiger partial charge is 0.315 e. The third kappa shape index (κ3) is 5.65. The number of hydrogen-bond donors (Lipinski definition) is 2. The van der Waals surface area contributed by atoms with Crippen LogP contribution in [0.25, 0.3) is 0 Å². The van der Waals surface area contributed by atoms with Gasteiger partial charge in [0.25, 0.3) is 0 Å². The molecule has 0 radical (unpaired) electrons. The van der Waals surface area contributed by atoms with Gasteiger partial charge in [-0.25, -0.2) is 0 Å². The zero-order valence-corrected chi connectivity index (χ0v) is 11.0. The first-order valence-corrected chi connectivity index (χ1v) is 5.90. The van der Waals surface area contributed by atoms with E-state index in [1.165, 1.54) is 0 Å². The summed E-state index contributed by atoms with van der Waals surface area (Å²) in [5.74, 6) is 1.00. The molecule has 0 aromatic carbocycles. The highest BCUT2D eigenvalue weighted by molar-refractivity contribution is 5.16. The topological polar surface area (TPSA) is 72.2 Å². The molecule has 0 bridgehead atoms. The molecule has 17 heavy (non-hydrogen) atoms. The lowest BCUT2D eigenvalue weighted by Gasteiger charge is -2.09. The fourth-order valence-corrected chi connectivity index (χ4v) is 1.29. The predicted octanol–water partition coefficient (Wildman–Crippen LogP) is 1.26. The fraction of sp³-hybridized carbons (Fsp3) is 0.818. The molecule has 0 aliphatic heterocycles. The van der Waals surface area contributed by atoms with Crippen LogP contribution in [0.2, 0.25) is 0 Å². The maximum atomic E-state index is 5.43. The van der Waals surface area contributed by atoms with Crippen molar-refractivity contribution in [2.24, 2.45) is 5.92 Å². The number of nitrogens with zero attached hydrogens (tertiary/aromatic N) is 2. The summed E-state index contributed by atoms with van der Waals surface area (Å²) in [6.07, 6.45) is 0. The molecular weight excluding hydrogens is 220 g/mol. The van der Waals surface area contributed by atoms with Crippen molar-refractivity contribution in [3.63, 3.8) is 0 Å². The number of methoxy groups -OCH3 is 1. The van der Waals surface area contributed by atoms with Crippen molar-refractivity contribution in [2.75, 3.05) is 25.6 Å². The second-order valence-electron chi connectivity index (χ2n) is 4.48. The van der Waals surface area contributed by atoms with Gasteiger partial charge in [-0.3, -0.25) is 0 Å². The molecule has 6 heteroatoms. The van der Waals surface area contributed by atoms with Crippen LogP contribution < -0.4 is 10.6 Å². The summed E-state index contributed by atoms with van der Waals surface area (Å²) < 4.78 is 10.5. The Labute approximate surface area is 102 Å². The molecule has 1 aromatic rings. The molecule has 6 nitrogen and oxygen atoms in total. The number of ether oxygens (including phenoxy) is 1. The molecule has 0 spiro atoms. The van der Waals surface area contributed by atoms with Crippen LogP contribution in [-0.2, 0) is 11.3 Å². The summed E-state index contributed by atoms with van der Waals surface area (Å²) in [6, 6.07) is 0.869. The summed E-state index contributed by atoms with van der Waals surface area (Å²) in [6.45, 7) is 8.30. The van der Waals surface area contributed by atoms with Crippen molar-refractivity contribution in [1.29, 1.82) is 0 Å². The van der Waals surface area contributed by atoms with E-state index in [1.54, 1.807) is 7.11 Å². The molecule has 0 amide bonds. The van der Waals surface area contributed by atoms with E-state index in [0.29, 0.717) is 37.0 Å². The number of hydrogen-bond acceptors (Lipinski definition) is 6. The molecule has 1 aromatic heterocycles. The highest BCUT2D eigenvalue weighted by atomic mass is 16.5. The van der Waals surface area contributed by atoms with Gasteiger partial charge in [0, 0.05) is 19.7 Å². The highest BCUT2D eigenvalue weighted by Gasteiger charge is 2.07. The third-order valence-electron chi connectivity index (χ3n) is 2.18. The van der Waals surface area contributed by atoms with E-state index in [1.807, 2.05) is 0 Å². The van der Waals surface area contributed by atoms with Crippen molar-refractivity contribution in [3.05, 3.63) is 5.89 Å². The molecule has 0 saturated heterocycles. The highest BCUT2D eigenvalue weighted by Crippen LogP contribution is 2.06. The molecule has 0 fully saturated rings. The Bertz CT molecular complexity index is 314. The lowest BCUT2D eigenvalue weighted by Crippen LogP contribution is -2.21. The van der Waals surface area contributed by atoms with E-state index in [2.05, 4.69) is 41.6 Å². The Kier molecular flexibility index (Phi) is 5.93. The Balaban J connectivity index is 2.30. The maximum absolute atomic E-state index is 5.43. The van der Waals surface area contributed by atoms with Crippen LogP contribution >= 0.6 is 0 Å². The van der Waals surface area contributed by atoms with Crippen LogP contribution in [0.3, 0.4) is 0 Å². The molecule has 1 unspecified atom stereocenters. The van der Waals surface area contributed by atoms with E-state index in [9.17, 15) is 0 Å². The molecule has 0 aliphatic rings. The Morgan fingerprint density at radius 2 is 2.06 bits per heavy atom. The number of nitrogens with one attached hydrogen (secondary N) is 2. The minimum Gasteiger partial charge on any atom is -0.407 e. The number of anilines is 1. The molecule has 2 N–H and O–H groups in total. The van der Waals surface area contributed by atoms with Crippen molar-refractivity contribution >= 4 is 6.01 Å². The standard InChI is InChI=1S/C11H22N4O2/c1-8(2)12-6-10-14-15-11(17-10)13-5-9(3)7-16-4/h8-9,12H,5-7H2,1-4H3,(H,13,15). The minimum atomic E-state index is 0.403. The molecule has 0 saturated carbocycles. The number of rotatable bonds is 8. The maximum Gasteiger partial charge on any atom is 0.315 e. The van der Waals surface area contributed by atoms with Crippen molar-refractivity contribution in [2.45, 2.75) is 33.4 Å². The zero-order chi connectivity index (χ0) is 12.7. The summed E-state index contributed by atoms with van der Waals surface area (Å²) in [5, 5.41) is 14.2. The quantitative estimate of drug-likeness (QED) is 0.715. The van der Waals surface area contributed by atoms with Gasteiger partial charge in [-0.1, -0.05) is 25.9 Å². The normalized spacial score (nSPS) is 13.0. The largest absolute Gasteiger partial charge is 0.407 e. The van der Waals surface area contributed by atoms with E-state index >= 15 is 0 Å². The zero-order valence-electron chi connectivity index (χ0n) is 11.0. The average Bonchev–Trinajstić information content (AvgIpc) is 2.72. The first-order chi connectivity index (χ1) is 8.11. The first-order valence-electron chi connectivity index (χ1n) is 5.90. The van der Waals surface area contributed by atoms with Crippen molar-refractivity contribution in [1.82, 2.24) is 15.5 Å². The van der Waals surface area contributed by atoms with Gasteiger partial charge in [0.05, 0.1) is 13.2 Å². The van der Waals surface area contributed by atoms with Gasteiger partial charge in [0.1, 0.15) is 0 Å². The Morgan fingerprint density at radius 3 is 2.71 bits per heavy atom. The molecular formula is C11H22N4O2. The Hall–Kier alpha value is -1.14. The first kappa shape index (κ1) is 13.9. The SMILES string of the molecule is COCC(C)CNc1nnc(CNC(C)C)o1. The molecule has 1 atom stereocenters. The molecule has 0 aliphatic carbocycles. The predicted molar refractivity (Wildman–Crippen MR) is 65.8 cm³/mol. The third-order valence-corrected chi connectivity index (χ3v) is 2.18. The summed E-state index contributed by atoms with van der Waals surface area (Å²) in [5.41, 5.74) is 0. The summed E-state index contributed by atoms with van der Waals surface area (Å²) in [7, 11) is 1.69. The average molecular weight is 242 g/mol. The van der Waals surface area contributed by atoms with Crippen LogP contribution in [0, 0.1) is 5.92 Å². The second kappa shape index (κ2) is 7.24. The van der Waals surface area contributed by atoms with Crippen LogP contribution in [-0.4, -0.2) is 36.5 Å². The van der Waals surface area contributed by atoms with Gasteiger partial charge < -0.3 is 19.8 Å². The van der Waals surface area contributed by atoms with E-state index < -0.39 is 0 Å².